The average Bonchev–Trinajstić information content (AvgIpc) is 3.71. The number of alkyl halides is 1. The number of carbonyl (C=O) groups is 4. The number of esters is 1. The second-order valence-corrected chi connectivity index (χ2v) is 15.9. The molecule has 2 bridgehead atoms. The SMILES string of the molecule is C=CCCC(=O)N(C)[C@H](C)[C@H](OC(=O)[C@H]1[C@@H]2O[C@@]3(CC2Br)[C@@H]1C(=O)N([C@@H](CO)C(C)C)[C@@H]3C(=O)N(CC=C)c1c(C)cccc1C)c1ccccc1. The lowest BCUT2D eigenvalue weighted by atomic mass is 9.70. The fourth-order valence-corrected chi connectivity index (χ4v) is 9.46. The van der Waals surface area contributed by atoms with Crippen LogP contribution in [0.5, 0.6) is 0 Å². The molecule has 0 radical (unpaired) electrons. The van der Waals surface area contributed by atoms with Crippen LogP contribution in [0.15, 0.2) is 73.8 Å². The van der Waals surface area contributed by atoms with Crippen molar-refractivity contribution >= 4 is 45.3 Å². The van der Waals surface area contributed by atoms with Crippen molar-refractivity contribution in [3.05, 3.63) is 90.5 Å². The van der Waals surface area contributed by atoms with Gasteiger partial charge in [-0.25, -0.2) is 0 Å². The number of para-hydroxylation sites is 1. The van der Waals surface area contributed by atoms with Gasteiger partial charge in [0.1, 0.15) is 17.7 Å². The Labute approximate surface area is 315 Å². The maximum atomic E-state index is 15.2. The predicted molar refractivity (Wildman–Crippen MR) is 204 cm³/mol. The number of halogens is 1. The lowest BCUT2D eigenvalue weighted by Crippen LogP contribution is -2.60. The number of aliphatic hydroxyl groups excluding tert-OH is 1. The Balaban J connectivity index is 1.58. The van der Waals surface area contributed by atoms with Crippen molar-refractivity contribution < 1.29 is 33.8 Å². The summed E-state index contributed by atoms with van der Waals surface area (Å²) in [6, 6.07) is 12.6. The molecular formula is C41H52BrN3O7. The summed E-state index contributed by atoms with van der Waals surface area (Å²) in [5.41, 5.74) is 1.80. The van der Waals surface area contributed by atoms with Crippen molar-refractivity contribution in [2.75, 3.05) is 25.1 Å². The van der Waals surface area contributed by atoms with Gasteiger partial charge in [-0.15, -0.1) is 13.2 Å². The number of fused-ring (bicyclic) bond motifs is 1. The van der Waals surface area contributed by atoms with E-state index < -0.39 is 59.6 Å². The minimum absolute atomic E-state index is 0.119. The van der Waals surface area contributed by atoms with Crippen LogP contribution in [0.2, 0.25) is 0 Å². The topological polar surface area (TPSA) is 117 Å². The van der Waals surface area contributed by atoms with E-state index in [2.05, 4.69) is 29.1 Å². The van der Waals surface area contributed by atoms with Gasteiger partial charge >= 0.3 is 5.97 Å². The zero-order valence-corrected chi connectivity index (χ0v) is 32.6. The number of nitrogens with zero attached hydrogens (tertiary/aromatic N) is 3. The number of hydrogen-bond donors (Lipinski definition) is 1. The Morgan fingerprint density at radius 3 is 2.31 bits per heavy atom. The van der Waals surface area contributed by atoms with E-state index in [4.69, 9.17) is 9.47 Å². The molecule has 1 spiro atoms. The Morgan fingerprint density at radius 2 is 1.73 bits per heavy atom. The van der Waals surface area contributed by atoms with Crippen molar-refractivity contribution in [1.82, 2.24) is 9.80 Å². The van der Waals surface area contributed by atoms with Gasteiger partial charge in [0.2, 0.25) is 11.8 Å². The van der Waals surface area contributed by atoms with Crippen LogP contribution in [-0.2, 0) is 28.7 Å². The normalized spacial score (nSPS) is 26.4. The number of carbonyl (C=O) groups excluding carboxylic acids is 4. The summed E-state index contributed by atoms with van der Waals surface area (Å²) in [6.07, 6.45) is 2.81. The highest BCUT2D eigenvalue weighted by atomic mass is 79.9. The third-order valence-electron chi connectivity index (χ3n) is 11.2. The van der Waals surface area contributed by atoms with Gasteiger partial charge in [0.25, 0.3) is 5.91 Å². The van der Waals surface area contributed by atoms with Gasteiger partial charge in [0, 0.05) is 30.5 Å². The second kappa shape index (κ2) is 16.1. The molecule has 2 aromatic carbocycles. The first kappa shape index (κ1) is 39.4. The monoisotopic (exact) mass is 777 g/mol. The van der Waals surface area contributed by atoms with Crippen LogP contribution < -0.4 is 4.90 Å². The summed E-state index contributed by atoms with van der Waals surface area (Å²) in [5.74, 6) is -3.85. The number of hydrogen-bond acceptors (Lipinski definition) is 7. The van der Waals surface area contributed by atoms with E-state index in [1.807, 2.05) is 83.1 Å². The van der Waals surface area contributed by atoms with Crippen LogP contribution in [0.3, 0.4) is 0 Å². The van der Waals surface area contributed by atoms with Gasteiger partial charge in [-0.05, 0) is 56.2 Å². The maximum Gasteiger partial charge on any atom is 0.313 e. The molecule has 52 heavy (non-hydrogen) atoms. The van der Waals surface area contributed by atoms with E-state index in [1.165, 1.54) is 4.90 Å². The molecule has 3 aliphatic rings. The predicted octanol–water partition coefficient (Wildman–Crippen LogP) is 5.68. The standard InChI is InChI=1S/C41H52BrN3O7/c1-9-11-20-31(47)43(8)27(7)35(28-18-13-12-14-19-28)51-40(50)32-33-38(48)45(30(23-46)24(3)4)37(41(33)22-29(42)36(32)52-41)39(49)44(21-10-2)34-25(5)16-15-17-26(34)6/h9-10,12-19,24,27,29-30,32-33,35-37,46H,1-2,11,20-23H2,3-8H3/t27-,29?,30+,32-,33+,35+,36-,37-,41+/m1/s1. The molecule has 0 aromatic heterocycles. The molecule has 1 N–H and O–H groups in total. The number of aryl methyl sites for hydroxylation is 2. The molecule has 0 saturated carbocycles. The van der Waals surface area contributed by atoms with Gasteiger partial charge < -0.3 is 29.3 Å². The van der Waals surface area contributed by atoms with E-state index in [-0.39, 0.29) is 42.1 Å². The van der Waals surface area contributed by atoms with Crippen molar-refractivity contribution in [2.45, 2.75) is 94.6 Å². The minimum atomic E-state index is -1.37. The number of likely N-dealkylation sites (tertiary alicyclic amines) is 1. The van der Waals surface area contributed by atoms with Crippen LogP contribution in [0, 0.1) is 31.6 Å². The molecule has 10 nitrogen and oxygen atoms in total. The molecular weight excluding hydrogens is 726 g/mol. The number of allylic oxidation sites excluding steroid dienone is 1. The summed E-state index contributed by atoms with van der Waals surface area (Å²) in [6.45, 7) is 16.9. The first-order valence-corrected chi connectivity index (χ1v) is 19.0. The van der Waals surface area contributed by atoms with Crippen LogP contribution in [0.4, 0.5) is 5.69 Å². The van der Waals surface area contributed by atoms with Gasteiger partial charge in [0.05, 0.1) is 36.6 Å². The molecule has 3 heterocycles. The molecule has 9 atom stereocenters. The van der Waals surface area contributed by atoms with Crippen LogP contribution in [0.1, 0.15) is 62.8 Å². The van der Waals surface area contributed by atoms with Crippen molar-refractivity contribution in [3.63, 3.8) is 0 Å². The summed E-state index contributed by atoms with van der Waals surface area (Å²) in [7, 11) is 1.69. The number of amides is 3. The van der Waals surface area contributed by atoms with E-state index in [1.54, 1.807) is 29.0 Å². The van der Waals surface area contributed by atoms with Gasteiger partial charge in [-0.3, -0.25) is 19.2 Å². The zero-order valence-electron chi connectivity index (χ0n) is 31.0. The van der Waals surface area contributed by atoms with E-state index >= 15 is 4.79 Å². The number of ether oxygens (including phenoxy) is 2. The van der Waals surface area contributed by atoms with E-state index in [0.717, 1.165) is 16.8 Å². The number of aliphatic hydroxyl groups is 1. The molecule has 280 valence electrons. The summed E-state index contributed by atoms with van der Waals surface area (Å²) >= 11 is 3.76. The molecule has 5 rings (SSSR count). The third-order valence-corrected chi connectivity index (χ3v) is 12.1. The molecule has 3 amide bonds. The van der Waals surface area contributed by atoms with Gasteiger partial charge in [-0.2, -0.15) is 0 Å². The Bertz CT molecular complexity index is 1660. The highest BCUT2D eigenvalue weighted by molar-refractivity contribution is 9.09. The Morgan fingerprint density at radius 1 is 1.08 bits per heavy atom. The van der Waals surface area contributed by atoms with Crippen molar-refractivity contribution in [2.24, 2.45) is 17.8 Å². The van der Waals surface area contributed by atoms with Crippen molar-refractivity contribution in [1.29, 1.82) is 0 Å². The van der Waals surface area contributed by atoms with Gasteiger partial charge in [-0.1, -0.05) is 90.5 Å². The third kappa shape index (κ3) is 6.87. The van der Waals surface area contributed by atoms with Crippen LogP contribution >= 0.6 is 15.9 Å². The maximum absolute atomic E-state index is 15.2. The summed E-state index contributed by atoms with van der Waals surface area (Å²) in [5, 5.41) is 10.7. The molecule has 11 heteroatoms. The largest absolute Gasteiger partial charge is 0.455 e. The molecule has 1 unspecified atom stereocenters. The smallest absolute Gasteiger partial charge is 0.313 e. The fraction of sp³-hybridized carbons (Fsp3) is 0.512. The lowest BCUT2D eigenvalue weighted by Gasteiger charge is -2.41. The number of rotatable bonds is 15. The van der Waals surface area contributed by atoms with Crippen LogP contribution in [0.25, 0.3) is 0 Å². The Hall–Kier alpha value is -3.80. The number of likely N-dealkylation sites (N-methyl/N-ethyl adjacent to an activating group) is 1. The molecule has 3 saturated heterocycles. The summed E-state index contributed by atoms with van der Waals surface area (Å²) < 4.78 is 13.2. The zero-order chi connectivity index (χ0) is 38.1. The number of anilines is 1. The highest BCUT2D eigenvalue weighted by Gasteiger charge is 2.78. The Kier molecular flexibility index (Phi) is 12.2. The summed E-state index contributed by atoms with van der Waals surface area (Å²) in [4.78, 5) is 62.2. The van der Waals surface area contributed by atoms with E-state index in [9.17, 15) is 19.5 Å². The highest BCUT2D eigenvalue weighted by Crippen LogP contribution is 2.61. The molecule has 3 aliphatic heterocycles. The first-order valence-electron chi connectivity index (χ1n) is 18.1. The van der Waals surface area contributed by atoms with Crippen LogP contribution in [-0.4, -0.2) is 93.5 Å². The molecule has 0 aliphatic carbocycles. The van der Waals surface area contributed by atoms with Gasteiger partial charge in [0.15, 0.2) is 0 Å². The molecule has 3 fully saturated rings. The lowest BCUT2D eigenvalue weighted by molar-refractivity contribution is -0.165. The fourth-order valence-electron chi connectivity index (χ4n) is 8.52. The first-order chi connectivity index (χ1) is 24.7. The quantitative estimate of drug-likeness (QED) is 0.141. The molecule has 2 aromatic rings. The second-order valence-electron chi connectivity index (χ2n) is 14.7. The number of benzene rings is 2. The minimum Gasteiger partial charge on any atom is -0.455 e. The average molecular weight is 779 g/mol. The van der Waals surface area contributed by atoms with E-state index in [0.29, 0.717) is 18.4 Å². The van der Waals surface area contributed by atoms with Crippen molar-refractivity contribution in [3.8, 4) is 0 Å².